The van der Waals surface area contributed by atoms with Gasteiger partial charge in [0.15, 0.2) is 5.69 Å². The number of hydrogen-bond donors (Lipinski definition) is 1. The Morgan fingerprint density at radius 1 is 1.40 bits per heavy atom. The van der Waals surface area contributed by atoms with Crippen LogP contribution in [-0.2, 0) is 0 Å². The van der Waals surface area contributed by atoms with Crippen LogP contribution in [-0.4, -0.2) is 45.2 Å². The van der Waals surface area contributed by atoms with Crippen LogP contribution >= 0.6 is 0 Å². The highest BCUT2D eigenvalue weighted by Crippen LogP contribution is 2.20. The molecule has 1 N–H and O–H groups in total. The lowest BCUT2D eigenvalue weighted by molar-refractivity contribution is 0.0670. The Morgan fingerprint density at radius 2 is 2.20 bits per heavy atom. The number of carbonyl (C=O) groups excluding carboxylic acids is 2. The quantitative estimate of drug-likeness (QED) is 0.929. The number of imidazole rings is 1. The lowest BCUT2D eigenvalue weighted by Gasteiger charge is -2.30. The summed E-state index contributed by atoms with van der Waals surface area (Å²) >= 11 is 0. The van der Waals surface area contributed by atoms with Crippen LogP contribution in [0.1, 0.15) is 61.1 Å². The summed E-state index contributed by atoms with van der Waals surface area (Å²) < 4.78 is 1.73. The van der Waals surface area contributed by atoms with E-state index in [0.29, 0.717) is 23.0 Å². The van der Waals surface area contributed by atoms with Crippen molar-refractivity contribution in [3.05, 3.63) is 35.9 Å². The molecular formula is C19H26N4O2. The van der Waals surface area contributed by atoms with Gasteiger partial charge in [-0.25, -0.2) is 4.98 Å². The number of nitrogens with one attached hydrogen (secondary N) is 1. The number of hydrogen-bond acceptors (Lipinski definition) is 3. The molecule has 2 atom stereocenters. The van der Waals surface area contributed by atoms with Gasteiger partial charge in [-0.15, -0.1) is 0 Å². The minimum absolute atomic E-state index is 0.0649. The molecular weight excluding hydrogens is 316 g/mol. The van der Waals surface area contributed by atoms with Crippen LogP contribution in [0.5, 0.6) is 0 Å². The SMILES string of the molecule is CCC(C)NC(=O)c1nc(C(=O)N2CCCC(C)C2)n2ccccc12. The number of rotatable bonds is 4. The van der Waals surface area contributed by atoms with Crippen molar-refractivity contribution in [3.8, 4) is 0 Å². The fourth-order valence-electron chi connectivity index (χ4n) is 3.27. The molecule has 2 aromatic heterocycles. The third-order valence-corrected chi connectivity index (χ3v) is 4.89. The fourth-order valence-corrected chi connectivity index (χ4v) is 3.27. The molecule has 0 radical (unpaired) electrons. The molecule has 2 unspecified atom stereocenters. The maximum atomic E-state index is 13.0. The van der Waals surface area contributed by atoms with Crippen molar-refractivity contribution >= 4 is 17.3 Å². The Bertz CT molecular complexity index is 783. The molecule has 3 rings (SSSR count). The zero-order valence-electron chi connectivity index (χ0n) is 15.2. The molecule has 3 heterocycles. The summed E-state index contributed by atoms with van der Waals surface area (Å²) in [5.74, 6) is 0.482. The molecule has 1 fully saturated rings. The lowest BCUT2D eigenvalue weighted by atomic mass is 10.0. The van der Waals surface area contributed by atoms with Gasteiger partial charge in [0, 0.05) is 25.3 Å². The van der Waals surface area contributed by atoms with Gasteiger partial charge in [0.25, 0.3) is 11.8 Å². The van der Waals surface area contributed by atoms with Crippen LogP contribution in [0.3, 0.4) is 0 Å². The zero-order chi connectivity index (χ0) is 18.0. The Balaban J connectivity index is 1.96. The van der Waals surface area contributed by atoms with Crippen LogP contribution in [0.15, 0.2) is 24.4 Å². The second-order valence-corrected chi connectivity index (χ2v) is 7.02. The van der Waals surface area contributed by atoms with Gasteiger partial charge in [-0.3, -0.25) is 14.0 Å². The summed E-state index contributed by atoms with van der Waals surface area (Å²) in [6.07, 6.45) is 4.80. The van der Waals surface area contributed by atoms with E-state index in [9.17, 15) is 9.59 Å². The fraction of sp³-hybridized carbons (Fsp3) is 0.526. The van der Waals surface area contributed by atoms with E-state index in [-0.39, 0.29) is 17.9 Å². The summed E-state index contributed by atoms with van der Waals surface area (Å²) in [7, 11) is 0. The number of carbonyl (C=O) groups is 2. The number of fused-ring (bicyclic) bond motifs is 1. The minimum Gasteiger partial charge on any atom is -0.348 e. The van der Waals surface area contributed by atoms with E-state index in [4.69, 9.17) is 0 Å². The molecule has 0 bridgehead atoms. The van der Waals surface area contributed by atoms with Crippen molar-refractivity contribution in [2.75, 3.05) is 13.1 Å². The number of piperidine rings is 1. The highest BCUT2D eigenvalue weighted by atomic mass is 16.2. The number of nitrogens with zero attached hydrogens (tertiary/aromatic N) is 3. The van der Waals surface area contributed by atoms with Crippen LogP contribution < -0.4 is 5.32 Å². The normalized spacial score (nSPS) is 19.0. The van der Waals surface area contributed by atoms with Gasteiger partial charge < -0.3 is 10.2 Å². The molecule has 25 heavy (non-hydrogen) atoms. The maximum Gasteiger partial charge on any atom is 0.290 e. The third-order valence-electron chi connectivity index (χ3n) is 4.89. The van der Waals surface area contributed by atoms with Crippen LogP contribution in [0.4, 0.5) is 0 Å². The standard InChI is InChI=1S/C19H26N4O2/c1-4-14(3)20-18(24)16-15-9-5-6-11-23(15)17(21-16)19(25)22-10-7-8-13(2)12-22/h5-6,9,11,13-14H,4,7-8,10,12H2,1-3H3,(H,20,24). The van der Waals surface area contributed by atoms with Crippen molar-refractivity contribution in [3.63, 3.8) is 0 Å². The number of aromatic nitrogens is 2. The van der Waals surface area contributed by atoms with E-state index in [0.717, 1.165) is 32.4 Å². The molecule has 1 aliphatic heterocycles. The molecule has 6 heteroatoms. The first-order valence-corrected chi connectivity index (χ1v) is 9.08. The van der Waals surface area contributed by atoms with Gasteiger partial charge >= 0.3 is 0 Å². The van der Waals surface area contributed by atoms with Gasteiger partial charge in [-0.05, 0) is 44.2 Å². The predicted octanol–water partition coefficient (Wildman–Crippen LogP) is 2.73. The molecule has 0 aliphatic carbocycles. The Labute approximate surface area is 148 Å². The summed E-state index contributed by atoms with van der Waals surface area (Å²) in [6.45, 7) is 7.63. The average Bonchev–Trinajstić information content (AvgIpc) is 3.00. The van der Waals surface area contributed by atoms with E-state index < -0.39 is 0 Å². The van der Waals surface area contributed by atoms with Crippen LogP contribution in [0.2, 0.25) is 0 Å². The molecule has 0 aromatic carbocycles. The van der Waals surface area contributed by atoms with Gasteiger partial charge in [0.1, 0.15) is 0 Å². The minimum atomic E-state index is -0.232. The predicted molar refractivity (Wildman–Crippen MR) is 96.7 cm³/mol. The zero-order valence-corrected chi connectivity index (χ0v) is 15.2. The first-order valence-electron chi connectivity index (χ1n) is 9.08. The summed E-state index contributed by atoms with van der Waals surface area (Å²) in [4.78, 5) is 31.9. The number of pyridine rings is 1. The molecule has 1 aliphatic rings. The molecule has 1 saturated heterocycles. The summed E-state index contributed by atoms with van der Waals surface area (Å²) in [6, 6.07) is 5.60. The summed E-state index contributed by atoms with van der Waals surface area (Å²) in [5, 5.41) is 2.94. The first-order chi connectivity index (χ1) is 12.0. The smallest absolute Gasteiger partial charge is 0.290 e. The highest BCUT2D eigenvalue weighted by Gasteiger charge is 2.27. The van der Waals surface area contributed by atoms with Gasteiger partial charge in [0.2, 0.25) is 5.82 Å². The highest BCUT2D eigenvalue weighted by molar-refractivity contribution is 6.02. The second kappa shape index (κ2) is 7.25. The molecule has 2 aromatic rings. The number of amides is 2. The van der Waals surface area contributed by atoms with Crippen molar-refractivity contribution in [2.24, 2.45) is 5.92 Å². The van der Waals surface area contributed by atoms with E-state index in [1.807, 2.05) is 36.9 Å². The monoisotopic (exact) mass is 342 g/mol. The van der Waals surface area contributed by atoms with Gasteiger partial charge in [0.05, 0.1) is 5.52 Å². The van der Waals surface area contributed by atoms with Crippen molar-refractivity contribution in [1.82, 2.24) is 19.6 Å². The van der Waals surface area contributed by atoms with Gasteiger partial charge in [-0.2, -0.15) is 0 Å². The van der Waals surface area contributed by atoms with E-state index >= 15 is 0 Å². The third kappa shape index (κ3) is 3.52. The van der Waals surface area contributed by atoms with Crippen LogP contribution in [0.25, 0.3) is 5.52 Å². The van der Waals surface area contributed by atoms with Crippen molar-refractivity contribution in [2.45, 2.75) is 46.1 Å². The molecule has 2 amide bonds. The lowest BCUT2D eigenvalue weighted by Crippen LogP contribution is -2.40. The maximum absolute atomic E-state index is 13.0. The first kappa shape index (κ1) is 17.5. The topological polar surface area (TPSA) is 66.7 Å². The Morgan fingerprint density at radius 3 is 2.92 bits per heavy atom. The average molecular weight is 342 g/mol. The number of likely N-dealkylation sites (tertiary alicyclic amines) is 1. The van der Waals surface area contributed by atoms with Gasteiger partial charge in [-0.1, -0.05) is 19.9 Å². The second-order valence-electron chi connectivity index (χ2n) is 7.02. The summed E-state index contributed by atoms with van der Waals surface area (Å²) in [5.41, 5.74) is 0.978. The van der Waals surface area contributed by atoms with E-state index in [2.05, 4.69) is 17.2 Å². The molecule has 0 spiro atoms. The largest absolute Gasteiger partial charge is 0.348 e. The molecule has 0 saturated carbocycles. The van der Waals surface area contributed by atoms with Crippen molar-refractivity contribution < 1.29 is 9.59 Å². The van der Waals surface area contributed by atoms with Crippen molar-refractivity contribution in [1.29, 1.82) is 0 Å². The van der Waals surface area contributed by atoms with E-state index in [1.54, 1.807) is 10.6 Å². The van der Waals surface area contributed by atoms with E-state index in [1.165, 1.54) is 0 Å². The Kier molecular flexibility index (Phi) is 5.06. The Hall–Kier alpha value is -2.37. The molecule has 6 nitrogen and oxygen atoms in total. The van der Waals surface area contributed by atoms with Crippen LogP contribution in [0, 0.1) is 5.92 Å². The molecule has 134 valence electrons.